The molecule has 5 N–H and O–H groups in total. The van der Waals surface area contributed by atoms with Crippen LogP contribution >= 0.6 is 0 Å². The Bertz CT molecular complexity index is 1140. The zero-order chi connectivity index (χ0) is 22.4. The van der Waals surface area contributed by atoms with Crippen molar-refractivity contribution in [3.05, 3.63) is 29.5 Å². The van der Waals surface area contributed by atoms with E-state index in [4.69, 9.17) is 9.97 Å². The molecule has 0 aromatic carbocycles. The number of aliphatic hydroxyl groups excluding tert-OH is 1. The fourth-order valence-electron chi connectivity index (χ4n) is 7.40. The minimum Gasteiger partial charge on any atom is -0.390 e. The van der Waals surface area contributed by atoms with Crippen LogP contribution in [0.4, 0.5) is 23.4 Å². The molecule has 1 saturated heterocycles. The Morgan fingerprint density at radius 2 is 2.00 bits per heavy atom. The molecular weight excluding hydrogens is 418 g/mol. The van der Waals surface area contributed by atoms with Gasteiger partial charge in [-0.2, -0.15) is 15.1 Å². The van der Waals surface area contributed by atoms with Gasteiger partial charge in [0.15, 0.2) is 5.82 Å². The van der Waals surface area contributed by atoms with E-state index in [1.807, 2.05) is 19.1 Å². The smallest absolute Gasteiger partial charge is 0.226 e. The van der Waals surface area contributed by atoms with Crippen LogP contribution in [0.25, 0.3) is 0 Å². The van der Waals surface area contributed by atoms with Gasteiger partial charge >= 0.3 is 0 Å². The minimum atomic E-state index is -0.506. The van der Waals surface area contributed by atoms with E-state index in [1.165, 1.54) is 12.0 Å². The lowest BCUT2D eigenvalue weighted by atomic mass is 9.45. The van der Waals surface area contributed by atoms with Crippen molar-refractivity contribution in [2.45, 2.75) is 63.2 Å². The number of H-pyrrole nitrogens is 1. The SMILES string of the molecule is Cc1cc(Nc2cc(N3CC(O)C3)nc(NC3C4CC5CC(O)(C4)CC3(C3=CC3)C5)n2)n[nH]1. The summed E-state index contributed by atoms with van der Waals surface area (Å²) in [6.07, 6.45) is 8.12. The van der Waals surface area contributed by atoms with E-state index in [-0.39, 0.29) is 17.6 Å². The standard InChI is InChI=1S/C24H31N7O2/c1-13-4-19(30-29-13)25-18-6-20(31-10-17(32)11-31)27-22(26-18)28-21-15-5-14-7-23(33,9-15)12-24(21,8-14)16-2-3-16/h2,4,6,14-15,17,21,32-33H,3,5,7-12H2,1H3,(H3,25,26,27,28,29,30). The molecule has 2 aromatic heterocycles. The maximum absolute atomic E-state index is 11.3. The molecule has 4 bridgehead atoms. The van der Waals surface area contributed by atoms with Crippen LogP contribution in [-0.2, 0) is 0 Å². The third-order valence-corrected chi connectivity index (χ3v) is 8.50. The largest absolute Gasteiger partial charge is 0.390 e. The predicted octanol–water partition coefficient (Wildman–Crippen LogP) is 2.48. The lowest BCUT2D eigenvalue weighted by Crippen LogP contribution is -2.64. The van der Waals surface area contributed by atoms with Crippen molar-refractivity contribution in [1.29, 1.82) is 0 Å². The first-order chi connectivity index (χ1) is 15.9. The van der Waals surface area contributed by atoms with Crippen LogP contribution in [0.3, 0.4) is 0 Å². The van der Waals surface area contributed by atoms with Gasteiger partial charge in [-0.3, -0.25) is 5.10 Å². The Morgan fingerprint density at radius 3 is 2.70 bits per heavy atom. The normalized spacial score (nSPS) is 36.5. The molecule has 1 aliphatic heterocycles. The molecule has 9 heteroatoms. The van der Waals surface area contributed by atoms with Crippen LogP contribution in [0.15, 0.2) is 23.8 Å². The summed E-state index contributed by atoms with van der Waals surface area (Å²) in [6.45, 7) is 3.12. The highest BCUT2D eigenvalue weighted by Crippen LogP contribution is 2.66. The zero-order valence-corrected chi connectivity index (χ0v) is 18.9. The van der Waals surface area contributed by atoms with Gasteiger partial charge in [-0.15, -0.1) is 0 Å². The Kier molecular flexibility index (Phi) is 4.02. The molecule has 6 aliphatic rings. The second kappa shape index (κ2) is 6.70. The highest BCUT2D eigenvalue weighted by Gasteiger charge is 2.64. The predicted molar refractivity (Wildman–Crippen MR) is 124 cm³/mol. The van der Waals surface area contributed by atoms with E-state index in [1.54, 1.807) is 0 Å². The van der Waals surface area contributed by atoms with E-state index >= 15 is 0 Å². The van der Waals surface area contributed by atoms with Gasteiger partial charge in [-0.1, -0.05) is 11.6 Å². The number of aromatic nitrogens is 4. The summed E-state index contributed by atoms with van der Waals surface area (Å²) in [7, 11) is 0. The molecule has 33 heavy (non-hydrogen) atoms. The number of aryl methyl sites for hydroxylation is 1. The first-order valence-corrected chi connectivity index (χ1v) is 12.2. The van der Waals surface area contributed by atoms with Gasteiger partial charge < -0.3 is 25.7 Å². The van der Waals surface area contributed by atoms with Gasteiger partial charge in [0.05, 0.1) is 11.7 Å². The Labute approximate surface area is 192 Å². The number of rotatable bonds is 6. The Balaban J connectivity index is 1.22. The molecule has 8 rings (SSSR count). The van der Waals surface area contributed by atoms with Crippen molar-refractivity contribution in [3.63, 3.8) is 0 Å². The number of hydrogen-bond donors (Lipinski definition) is 5. The van der Waals surface area contributed by atoms with E-state index in [9.17, 15) is 10.2 Å². The van der Waals surface area contributed by atoms with Crippen molar-refractivity contribution >= 4 is 23.4 Å². The summed E-state index contributed by atoms with van der Waals surface area (Å²) in [6, 6.07) is 4.09. The third-order valence-electron chi connectivity index (χ3n) is 8.50. The highest BCUT2D eigenvalue weighted by molar-refractivity contribution is 5.61. The van der Waals surface area contributed by atoms with Crippen LogP contribution in [0.1, 0.15) is 44.2 Å². The molecule has 5 fully saturated rings. The number of β-amino-alcohol motifs (C(OH)–C–C–N with tert-alkyl or cyclic N) is 1. The first-order valence-electron chi connectivity index (χ1n) is 12.2. The molecule has 0 amide bonds. The van der Waals surface area contributed by atoms with Crippen molar-refractivity contribution in [3.8, 4) is 0 Å². The van der Waals surface area contributed by atoms with Crippen LogP contribution in [0, 0.1) is 24.2 Å². The van der Waals surface area contributed by atoms with Crippen LogP contribution in [0.2, 0.25) is 0 Å². The average Bonchev–Trinajstić information content (AvgIpc) is 3.51. The molecule has 2 aromatic rings. The Hall–Kier alpha value is -2.65. The molecule has 3 heterocycles. The second-order valence-corrected chi connectivity index (χ2v) is 11.1. The average molecular weight is 450 g/mol. The van der Waals surface area contributed by atoms with Crippen molar-refractivity contribution in [2.75, 3.05) is 28.6 Å². The monoisotopic (exact) mass is 449 g/mol. The number of aliphatic hydroxyl groups is 2. The van der Waals surface area contributed by atoms with Gasteiger partial charge in [0.1, 0.15) is 11.6 Å². The second-order valence-electron chi connectivity index (χ2n) is 11.1. The summed E-state index contributed by atoms with van der Waals surface area (Å²) >= 11 is 0. The number of allylic oxidation sites excluding steroid dienone is 1. The minimum absolute atomic E-state index is 0.0258. The number of nitrogens with zero attached hydrogens (tertiary/aromatic N) is 4. The fourth-order valence-corrected chi connectivity index (χ4v) is 7.40. The van der Waals surface area contributed by atoms with E-state index < -0.39 is 5.60 Å². The van der Waals surface area contributed by atoms with Gasteiger partial charge in [-0.25, -0.2) is 0 Å². The maximum Gasteiger partial charge on any atom is 0.226 e. The number of aromatic amines is 1. The maximum atomic E-state index is 11.3. The van der Waals surface area contributed by atoms with Crippen LogP contribution < -0.4 is 15.5 Å². The van der Waals surface area contributed by atoms with E-state index in [0.29, 0.717) is 42.5 Å². The summed E-state index contributed by atoms with van der Waals surface area (Å²) in [5.41, 5.74) is 2.01. The van der Waals surface area contributed by atoms with Crippen molar-refractivity contribution in [1.82, 2.24) is 20.2 Å². The fraction of sp³-hybridized carbons (Fsp3) is 0.625. The molecular formula is C24H31N7O2. The molecule has 5 aliphatic carbocycles. The summed E-state index contributed by atoms with van der Waals surface area (Å²) < 4.78 is 0. The molecule has 0 spiro atoms. The molecule has 0 radical (unpaired) electrons. The van der Waals surface area contributed by atoms with Crippen molar-refractivity contribution < 1.29 is 10.2 Å². The van der Waals surface area contributed by atoms with Gasteiger partial charge in [0.2, 0.25) is 5.95 Å². The lowest BCUT2D eigenvalue weighted by Gasteiger charge is -2.63. The zero-order valence-electron chi connectivity index (χ0n) is 18.9. The summed E-state index contributed by atoms with van der Waals surface area (Å²) in [5, 5.41) is 35.4. The molecule has 174 valence electrons. The summed E-state index contributed by atoms with van der Waals surface area (Å²) in [4.78, 5) is 11.7. The van der Waals surface area contributed by atoms with Crippen LogP contribution in [0.5, 0.6) is 0 Å². The molecule has 5 atom stereocenters. The highest BCUT2D eigenvalue weighted by atomic mass is 16.3. The van der Waals surface area contributed by atoms with Crippen LogP contribution in [-0.4, -0.2) is 61.2 Å². The quantitative estimate of drug-likeness (QED) is 0.427. The topological polar surface area (TPSA) is 122 Å². The van der Waals surface area contributed by atoms with Gasteiger partial charge in [-0.05, 0) is 57.3 Å². The number of hydrogen-bond acceptors (Lipinski definition) is 8. The first kappa shape index (κ1) is 19.8. The van der Waals surface area contributed by atoms with E-state index in [2.05, 4.69) is 31.8 Å². The van der Waals surface area contributed by atoms with Gasteiger partial charge in [0.25, 0.3) is 0 Å². The molecule has 4 saturated carbocycles. The summed E-state index contributed by atoms with van der Waals surface area (Å²) in [5.74, 6) is 3.85. The molecule has 9 nitrogen and oxygen atoms in total. The van der Waals surface area contributed by atoms with Gasteiger partial charge in [0, 0.05) is 42.4 Å². The third kappa shape index (κ3) is 3.24. The number of anilines is 4. The van der Waals surface area contributed by atoms with E-state index in [0.717, 1.165) is 43.6 Å². The molecule has 5 unspecified atom stereocenters. The Morgan fingerprint density at radius 1 is 1.15 bits per heavy atom. The lowest BCUT2D eigenvalue weighted by molar-refractivity contribution is -0.156. The number of nitrogens with one attached hydrogen (secondary N) is 3. The van der Waals surface area contributed by atoms with Crippen molar-refractivity contribution in [2.24, 2.45) is 17.3 Å².